The highest BCUT2D eigenvalue weighted by atomic mass is 15.1. The first kappa shape index (κ1) is 9.75. The molecule has 0 amide bonds. The lowest BCUT2D eigenvalue weighted by molar-refractivity contribution is 0.308. The minimum absolute atomic E-state index is 0.180. The molecule has 0 radical (unpaired) electrons. The van der Waals surface area contributed by atoms with Crippen molar-refractivity contribution in [3.8, 4) is 0 Å². The molecule has 1 aromatic heterocycles. The van der Waals surface area contributed by atoms with Crippen LogP contribution in [0.1, 0.15) is 57.6 Å². The Morgan fingerprint density at radius 3 is 2.36 bits per heavy atom. The zero-order valence-electron chi connectivity index (χ0n) is 9.67. The van der Waals surface area contributed by atoms with E-state index in [2.05, 4.69) is 43.4 Å². The largest absolute Gasteiger partial charge is 0.332 e. The number of rotatable bonds is 1. The van der Waals surface area contributed by atoms with Gasteiger partial charge in [-0.3, -0.25) is 0 Å². The van der Waals surface area contributed by atoms with Crippen molar-refractivity contribution in [2.75, 3.05) is 0 Å². The van der Waals surface area contributed by atoms with Gasteiger partial charge < -0.3 is 4.57 Å². The summed E-state index contributed by atoms with van der Waals surface area (Å²) in [5, 5.41) is 0. The molecule has 1 aliphatic carbocycles. The fourth-order valence-electron chi connectivity index (χ4n) is 1.88. The minimum atomic E-state index is 0.180. The van der Waals surface area contributed by atoms with Crippen molar-refractivity contribution < 1.29 is 0 Å². The van der Waals surface area contributed by atoms with Crippen LogP contribution >= 0.6 is 0 Å². The average Bonchev–Trinajstić information content (AvgIpc) is 2.28. The molecule has 78 valence electrons. The maximum atomic E-state index is 4.65. The summed E-state index contributed by atoms with van der Waals surface area (Å²) < 4.78 is 2.37. The summed E-state index contributed by atoms with van der Waals surface area (Å²) in [5.74, 6) is 1.18. The van der Waals surface area contributed by atoms with Gasteiger partial charge in [0.25, 0.3) is 0 Å². The third kappa shape index (κ3) is 1.58. The van der Waals surface area contributed by atoms with E-state index in [0.717, 1.165) is 6.04 Å². The van der Waals surface area contributed by atoms with Gasteiger partial charge in [-0.2, -0.15) is 0 Å². The van der Waals surface area contributed by atoms with E-state index in [4.69, 9.17) is 0 Å². The third-order valence-corrected chi connectivity index (χ3v) is 3.15. The van der Waals surface area contributed by atoms with E-state index in [0.29, 0.717) is 0 Å². The Balaban J connectivity index is 2.29. The second kappa shape index (κ2) is 3.11. The second-order valence-corrected chi connectivity index (χ2v) is 5.42. The highest BCUT2D eigenvalue weighted by molar-refractivity contribution is 5.14. The van der Waals surface area contributed by atoms with Gasteiger partial charge in [0.15, 0.2) is 0 Å². The first-order chi connectivity index (χ1) is 6.48. The van der Waals surface area contributed by atoms with Gasteiger partial charge in [-0.1, -0.05) is 20.8 Å². The molecule has 0 unspecified atom stereocenters. The monoisotopic (exact) mass is 192 g/mol. The summed E-state index contributed by atoms with van der Waals surface area (Å²) in [6, 6.07) is 0.735. The summed E-state index contributed by atoms with van der Waals surface area (Å²) >= 11 is 0. The quantitative estimate of drug-likeness (QED) is 0.668. The number of hydrogen-bond donors (Lipinski definition) is 0. The highest BCUT2D eigenvalue weighted by Crippen LogP contribution is 2.33. The molecule has 1 aromatic rings. The van der Waals surface area contributed by atoms with Gasteiger partial charge in [0, 0.05) is 17.7 Å². The molecule has 0 bridgehead atoms. The Hall–Kier alpha value is -0.790. The van der Waals surface area contributed by atoms with E-state index in [-0.39, 0.29) is 5.41 Å². The molecule has 0 spiro atoms. The molecule has 2 rings (SSSR count). The molecule has 1 fully saturated rings. The summed E-state index contributed by atoms with van der Waals surface area (Å²) in [7, 11) is 0. The predicted molar refractivity (Wildman–Crippen MR) is 58.6 cm³/mol. The maximum absolute atomic E-state index is 4.65. The Bertz CT molecular complexity index is 327. The summed E-state index contributed by atoms with van der Waals surface area (Å²) in [6.07, 6.45) is 6.30. The van der Waals surface area contributed by atoms with Crippen molar-refractivity contribution in [3.63, 3.8) is 0 Å². The maximum Gasteiger partial charge on any atom is 0.106 e. The average molecular weight is 192 g/mol. The lowest BCUT2D eigenvalue weighted by Gasteiger charge is -2.27. The zero-order valence-corrected chi connectivity index (χ0v) is 9.67. The molecule has 0 N–H and O–H groups in total. The first-order valence-electron chi connectivity index (χ1n) is 5.54. The Kier molecular flexibility index (Phi) is 2.17. The molecule has 0 saturated heterocycles. The summed E-state index contributed by atoms with van der Waals surface area (Å²) in [4.78, 5) is 4.65. The normalized spacial score (nSPS) is 18.3. The van der Waals surface area contributed by atoms with Crippen LogP contribution in [-0.4, -0.2) is 9.55 Å². The van der Waals surface area contributed by atoms with Crippen molar-refractivity contribution in [1.29, 1.82) is 0 Å². The van der Waals surface area contributed by atoms with E-state index in [1.807, 2.05) is 0 Å². The number of nitrogens with zero attached hydrogens (tertiary/aromatic N) is 2. The van der Waals surface area contributed by atoms with E-state index in [1.165, 1.54) is 30.8 Å². The van der Waals surface area contributed by atoms with E-state index >= 15 is 0 Å². The van der Waals surface area contributed by atoms with Crippen LogP contribution in [0.15, 0.2) is 6.20 Å². The van der Waals surface area contributed by atoms with E-state index in [9.17, 15) is 0 Å². The number of aromatic nitrogens is 2. The fourth-order valence-corrected chi connectivity index (χ4v) is 1.88. The molecule has 1 aliphatic rings. The van der Waals surface area contributed by atoms with Crippen LogP contribution in [0, 0.1) is 6.92 Å². The van der Waals surface area contributed by atoms with Crippen molar-refractivity contribution in [3.05, 3.63) is 17.7 Å². The second-order valence-electron chi connectivity index (χ2n) is 5.42. The number of hydrogen-bond acceptors (Lipinski definition) is 1. The van der Waals surface area contributed by atoms with Crippen molar-refractivity contribution in [2.45, 2.75) is 58.4 Å². The van der Waals surface area contributed by atoms with Crippen molar-refractivity contribution in [1.82, 2.24) is 9.55 Å². The van der Waals surface area contributed by atoms with Crippen LogP contribution in [-0.2, 0) is 5.41 Å². The number of aryl methyl sites for hydroxylation is 1. The van der Waals surface area contributed by atoms with Gasteiger partial charge in [-0.15, -0.1) is 0 Å². The molecule has 1 heterocycles. The van der Waals surface area contributed by atoms with E-state index < -0.39 is 0 Å². The predicted octanol–water partition coefficient (Wildman–Crippen LogP) is 3.21. The van der Waals surface area contributed by atoms with Gasteiger partial charge in [-0.25, -0.2) is 4.98 Å². The van der Waals surface area contributed by atoms with Crippen LogP contribution in [0.25, 0.3) is 0 Å². The molecule has 2 heteroatoms. The first-order valence-corrected chi connectivity index (χ1v) is 5.54. The topological polar surface area (TPSA) is 17.8 Å². The zero-order chi connectivity index (χ0) is 10.3. The summed E-state index contributed by atoms with van der Waals surface area (Å²) in [5.41, 5.74) is 1.40. The van der Waals surface area contributed by atoms with Gasteiger partial charge in [0.2, 0.25) is 0 Å². The smallest absolute Gasteiger partial charge is 0.106 e. The molecular weight excluding hydrogens is 172 g/mol. The fraction of sp³-hybridized carbons (Fsp3) is 0.750. The van der Waals surface area contributed by atoms with Crippen molar-refractivity contribution >= 4 is 0 Å². The third-order valence-electron chi connectivity index (χ3n) is 3.15. The molecule has 1 saturated carbocycles. The lowest BCUT2D eigenvalue weighted by atomic mass is 9.91. The molecule has 0 atom stereocenters. The van der Waals surface area contributed by atoms with Gasteiger partial charge in [-0.05, 0) is 26.2 Å². The van der Waals surface area contributed by atoms with Gasteiger partial charge in [0.1, 0.15) is 5.82 Å². The van der Waals surface area contributed by atoms with Crippen LogP contribution in [0.4, 0.5) is 0 Å². The standard InChI is InChI=1S/C12H20N2/c1-9-13-11(12(2,3)4)8-14(9)10-6-5-7-10/h8,10H,5-7H2,1-4H3. The molecular formula is C12H20N2. The van der Waals surface area contributed by atoms with Crippen LogP contribution < -0.4 is 0 Å². The SMILES string of the molecule is Cc1nc(C(C)(C)C)cn1C1CCC1. The summed E-state index contributed by atoms with van der Waals surface area (Å²) in [6.45, 7) is 8.78. The Labute approximate surface area is 86.3 Å². The van der Waals surface area contributed by atoms with Crippen LogP contribution in [0.3, 0.4) is 0 Å². The molecule has 0 aromatic carbocycles. The van der Waals surface area contributed by atoms with Gasteiger partial charge >= 0.3 is 0 Å². The van der Waals surface area contributed by atoms with Crippen molar-refractivity contribution in [2.24, 2.45) is 0 Å². The molecule has 2 nitrogen and oxygen atoms in total. The van der Waals surface area contributed by atoms with E-state index in [1.54, 1.807) is 0 Å². The Morgan fingerprint density at radius 2 is 2.00 bits per heavy atom. The molecule has 14 heavy (non-hydrogen) atoms. The van der Waals surface area contributed by atoms with Crippen LogP contribution in [0.2, 0.25) is 0 Å². The van der Waals surface area contributed by atoms with Gasteiger partial charge in [0.05, 0.1) is 5.69 Å². The Morgan fingerprint density at radius 1 is 1.36 bits per heavy atom. The number of imidazole rings is 1. The lowest BCUT2D eigenvalue weighted by Crippen LogP contribution is -2.17. The highest BCUT2D eigenvalue weighted by Gasteiger charge is 2.24. The van der Waals surface area contributed by atoms with Crippen LogP contribution in [0.5, 0.6) is 0 Å². The minimum Gasteiger partial charge on any atom is -0.332 e. The molecule has 0 aliphatic heterocycles.